The maximum Gasteiger partial charge on any atom is 0.261 e. The molecule has 0 atom stereocenters. The molecule has 0 saturated heterocycles. The topological polar surface area (TPSA) is 72.3 Å². The number of nitrogens with zero attached hydrogens (tertiary/aromatic N) is 3. The van der Waals surface area contributed by atoms with E-state index in [0.29, 0.717) is 38.8 Å². The number of fused-ring (bicyclic) bond motifs is 1. The van der Waals surface area contributed by atoms with Crippen molar-refractivity contribution in [2.45, 2.75) is 6.54 Å². The molecule has 4 aromatic rings. The van der Waals surface area contributed by atoms with Crippen molar-refractivity contribution < 1.29 is 14.4 Å². The normalized spacial score (nSPS) is 12.8. The predicted octanol–water partition coefficient (Wildman–Crippen LogP) is 4.55. The van der Waals surface area contributed by atoms with Gasteiger partial charge in [-0.15, -0.1) is 0 Å². The van der Waals surface area contributed by atoms with Crippen molar-refractivity contribution in [1.29, 1.82) is 0 Å². The Morgan fingerprint density at radius 1 is 0.875 bits per heavy atom. The molecular weight excluding hydrogens is 426 g/mol. The fourth-order valence-corrected chi connectivity index (χ4v) is 4.01. The van der Waals surface area contributed by atoms with Crippen LogP contribution in [0.1, 0.15) is 42.5 Å². The highest BCUT2D eigenvalue weighted by Gasteiger charge is 2.36. The first-order valence-corrected chi connectivity index (χ1v) is 10.3. The van der Waals surface area contributed by atoms with Gasteiger partial charge in [-0.25, -0.2) is 4.98 Å². The molecule has 1 aromatic heterocycles. The second kappa shape index (κ2) is 7.90. The summed E-state index contributed by atoms with van der Waals surface area (Å²) in [6.45, 7) is -0.0268. The van der Waals surface area contributed by atoms with E-state index in [-0.39, 0.29) is 24.1 Å². The van der Waals surface area contributed by atoms with Gasteiger partial charge in [-0.1, -0.05) is 54.1 Å². The highest BCUT2D eigenvalue weighted by molar-refractivity contribution is 6.31. The van der Waals surface area contributed by atoms with Gasteiger partial charge in [0.1, 0.15) is 5.82 Å². The lowest BCUT2D eigenvalue weighted by molar-refractivity contribution is 0.0637. The number of imide groups is 1. The van der Waals surface area contributed by atoms with Gasteiger partial charge in [0.25, 0.3) is 11.8 Å². The molecule has 0 bridgehead atoms. The standard InChI is InChI=1S/C25H16ClN3O3/c26-17-10-11-21(20(14-17)23(30)16-6-2-1-3-7-16)28-13-12-27-22(28)15-29-24(31)18-8-4-5-9-19(18)25(29)32/h1-14H,15H2. The van der Waals surface area contributed by atoms with Gasteiger partial charge in [0, 0.05) is 28.5 Å². The molecule has 156 valence electrons. The zero-order valence-electron chi connectivity index (χ0n) is 16.7. The number of halogens is 1. The minimum absolute atomic E-state index is 0.0268. The second-order valence-corrected chi connectivity index (χ2v) is 7.75. The molecule has 7 heteroatoms. The maximum atomic E-state index is 13.2. The van der Waals surface area contributed by atoms with Crippen LogP contribution in [-0.2, 0) is 6.54 Å². The van der Waals surface area contributed by atoms with Crippen LogP contribution < -0.4 is 0 Å². The fourth-order valence-electron chi connectivity index (χ4n) is 3.84. The minimum Gasteiger partial charge on any atom is -0.302 e. The molecule has 3 aromatic carbocycles. The first-order chi connectivity index (χ1) is 15.5. The van der Waals surface area contributed by atoms with Crippen LogP contribution in [-0.4, -0.2) is 32.0 Å². The van der Waals surface area contributed by atoms with E-state index in [4.69, 9.17) is 11.6 Å². The average Bonchev–Trinajstić information content (AvgIpc) is 3.38. The lowest BCUT2D eigenvalue weighted by Gasteiger charge is -2.17. The molecule has 6 nitrogen and oxygen atoms in total. The molecular formula is C25H16ClN3O3. The fraction of sp³-hybridized carbons (Fsp3) is 0.0400. The zero-order chi connectivity index (χ0) is 22.2. The Bertz CT molecular complexity index is 1340. The Labute approximate surface area is 188 Å². The molecule has 0 N–H and O–H groups in total. The zero-order valence-corrected chi connectivity index (χ0v) is 17.5. The highest BCUT2D eigenvalue weighted by Crippen LogP contribution is 2.27. The molecule has 5 rings (SSSR count). The van der Waals surface area contributed by atoms with E-state index in [2.05, 4.69) is 4.98 Å². The van der Waals surface area contributed by atoms with Gasteiger partial charge in [0.15, 0.2) is 5.78 Å². The van der Waals surface area contributed by atoms with Gasteiger partial charge in [-0.05, 0) is 30.3 Å². The van der Waals surface area contributed by atoms with Gasteiger partial charge >= 0.3 is 0 Å². The Hall–Kier alpha value is -4.03. The van der Waals surface area contributed by atoms with Crippen LogP contribution in [0, 0.1) is 0 Å². The quantitative estimate of drug-likeness (QED) is 0.336. The van der Waals surface area contributed by atoms with Crippen LogP contribution in [0.3, 0.4) is 0 Å². The number of aromatic nitrogens is 2. The molecule has 0 fully saturated rings. The number of amides is 2. The maximum absolute atomic E-state index is 13.2. The number of carbonyl (C=O) groups is 3. The van der Waals surface area contributed by atoms with Crippen LogP contribution in [0.25, 0.3) is 5.69 Å². The summed E-state index contributed by atoms with van der Waals surface area (Å²) in [5.41, 5.74) is 2.24. The van der Waals surface area contributed by atoms with Crippen LogP contribution in [0.4, 0.5) is 0 Å². The van der Waals surface area contributed by atoms with Crippen molar-refractivity contribution in [3.05, 3.63) is 118 Å². The molecule has 0 spiro atoms. The van der Waals surface area contributed by atoms with Crippen molar-refractivity contribution in [3.63, 3.8) is 0 Å². The van der Waals surface area contributed by atoms with E-state index >= 15 is 0 Å². The summed E-state index contributed by atoms with van der Waals surface area (Å²) in [6, 6.07) is 20.6. The van der Waals surface area contributed by atoms with E-state index < -0.39 is 0 Å². The number of hydrogen-bond acceptors (Lipinski definition) is 4. The lowest BCUT2D eigenvalue weighted by atomic mass is 10.0. The molecule has 0 aliphatic carbocycles. The summed E-state index contributed by atoms with van der Waals surface area (Å²) in [5.74, 6) is -0.471. The Kier molecular flexibility index (Phi) is 4.92. The van der Waals surface area contributed by atoms with Crippen LogP contribution in [0.2, 0.25) is 5.02 Å². The second-order valence-electron chi connectivity index (χ2n) is 7.31. The van der Waals surface area contributed by atoms with Crippen molar-refractivity contribution in [3.8, 4) is 5.69 Å². The first kappa shape index (κ1) is 19.9. The van der Waals surface area contributed by atoms with E-state index in [1.807, 2.05) is 6.07 Å². The largest absolute Gasteiger partial charge is 0.302 e. The molecule has 2 amide bonds. The third-order valence-electron chi connectivity index (χ3n) is 5.39. The Balaban J connectivity index is 1.53. The van der Waals surface area contributed by atoms with Crippen LogP contribution in [0.15, 0.2) is 85.2 Å². The number of ketones is 1. The third kappa shape index (κ3) is 3.31. The van der Waals surface area contributed by atoms with E-state index in [1.54, 1.807) is 83.7 Å². The van der Waals surface area contributed by atoms with Crippen molar-refractivity contribution in [2.24, 2.45) is 0 Å². The Morgan fingerprint density at radius 3 is 2.22 bits per heavy atom. The molecule has 1 aliphatic heterocycles. The monoisotopic (exact) mass is 441 g/mol. The molecule has 0 saturated carbocycles. The van der Waals surface area contributed by atoms with Crippen molar-refractivity contribution >= 4 is 29.2 Å². The number of imidazole rings is 1. The van der Waals surface area contributed by atoms with Gasteiger partial charge < -0.3 is 4.57 Å². The summed E-state index contributed by atoms with van der Waals surface area (Å²) in [5, 5.41) is 0.426. The van der Waals surface area contributed by atoms with Gasteiger partial charge in [0.2, 0.25) is 0 Å². The average molecular weight is 442 g/mol. The molecule has 32 heavy (non-hydrogen) atoms. The predicted molar refractivity (Wildman–Crippen MR) is 119 cm³/mol. The van der Waals surface area contributed by atoms with Crippen LogP contribution >= 0.6 is 11.6 Å². The van der Waals surface area contributed by atoms with E-state index in [0.717, 1.165) is 4.90 Å². The van der Waals surface area contributed by atoms with Crippen molar-refractivity contribution in [1.82, 2.24) is 14.5 Å². The SMILES string of the molecule is O=C(c1ccccc1)c1cc(Cl)ccc1-n1ccnc1CN1C(=O)c2ccccc2C1=O. The summed E-state index contributed by atoms with van der Waals surface area (Å²) in [7, 11) is 0. The molecule has 1 aliphatic rings. The summed E-state index contributed by atoms with van der Waals surface area (Å²) < 4.78 is 1.70. The summed E-state index contributed by atoms with van der Waals surface area (Å²) >= 11 is 6.20. The lowest BCUT2D eigenvalue weighted by Crippen LogP contribution is -2.30. The van der Waals surface area contributed by atoms with Crippen molar-refractivity contribution in [2.75, 3.05) is 0 Å². The van der Waals surface area contributed by atoms with E-state index in [1.165, 1.54) is 0 Å². The number of hydrogen-bond donors (Lipinski definition) is 0. The third-order valence-corrected chi connectivity index (χ3v) is 5.63. The molecule has 2 heterocycles. The highest BCUT2D eigenvalue weighted by atomic mass is 35.5. The van der Waals surface area contributed by atoms with Gasteiger partial charge in [0.05, 0.1) is 23.4 Å². The summed E-state index contributed by atoms with van der Waals surface area (Å²) in [4.78, 5) is 44.3. The molecule has 0 unspecified atom stereocenters. The molecule has 0 radical (unpaired) electrons. The van der Waals surface area contributed by atoms with Crippen LogP contribution in [0.5, 0.6) is 0 Å². The van der Waals surface area contributed by atoms with E-state index in [9.17, 15) is 14.4 Å². The number of carbonyl (C=O) groups excluding carboxylic acids is 3. The number of rotatable bonds is 5. The number of benzene rings is 3. The first-order valence-electron chi connectivity index (χ1n) is 9.91. The van der Waals surface area contributed by atoms with Gasteiger partial charge in [-0.2, -0.15) is 0 Å². The summed E-state index contributed by atoms with van der Waals surface area (Å²) in [6.07, 6.45) is 3.26. The minimum atomic E-state index is -0.364. The van der Waals surface area contributed by atoms with Gasteiger partial charge in [-0.3, -0.25) is 19.3 Å². The smallest absolute Gasteiger partial charge is 0.261 e. The Morgan fingerprint density at radius 2 is 1.53 bits per heavy atom.